The Morgan fingerprint density at radius 3 is 2.33 bits per heavy atom. The van der Waals surface area contributed by atoms with Crippen molar-refractivity contribution in [3.63, 3.8) is 0 Å². The molecule has 4 heteroatoms. The minimum Gasteiger partial charge on any atom is -0.329 e. The van der Waals surface area contributed by atoms with E-state index in [1.54, 1.807) is 11.8 Å². The smallest absolute Gasteiger partial charge is 0.0467 e. The number of halogens is 2. The Bertz CT molecular complexity index is 513. The fraction of sp³-hybridized carbons (Fsp3) is 0.143. The first kappa shape index (κ1) is 14.1. The molecule has 0 heterocycles. The van der Waals surface area contributed by atoms with Crippen molar-refractivity contribution in [2.45, 2.75) is 10.1 Å². The van der Waals surface area contributed by atoms with Gasteiger partial charge in [0, 0.05) is 25.6 Å². The molecule has 94 valence electrons. The summed E-state index contributed by atoms with van der Waals surface area (Å²) in [5.41, 5.74) is 7.14. The maximum atomic E-state index is 5.89. The molecule has 0 aliphatic heterocycles. The van der Waals surface area contributed by atoms with Crippen LogP contribution in [0.4, 0.5) is 0 Å². The number of benzene rings is 2. The summed E-state index contributed by atoms with van der Waals surface area (Å²) < 4.78 is 2.19. The molecule has 0 aromatic heterocycles. The highest BCUT2D eigenvalue weighted by atomic mass is 79.9. The SMILES string of the molecule is NCC(Sc1ccc(Br)cc1)c1cccc(Br)c1. The molecule has 0 aliphatic carbocycles. The van der Waals surface area contributed by atoms with Crippen LogP contribution in [0.25, 0.3) is 0 Å². The van der Waals surface area contributed by atoms with E-state index in [0.29, 0.717) is 6.54 Å². The first-order valence-electron chi connectivity index (χ1n) is 5.57. The Morgan fingerprint density at radius 1 is 1.00 bits per heavy atom. The lowest BCUT2D eigenvalue weighted by Gasteiger charge is -2.15. The largest absolute Gasteiger partial charge is 0.329 e. The zero-order chi connectivity index (χ0) is 13.0. The lowest BCUT2D eigenvalue weighted by Crippen LogP contribution is -2.09. The van der Waals surface area contributed by atoms with E-state index in [4.69, 9.17) is 5.73 Å². The summed E-state index contributed by atoms with van der Waals surface area (Å²) in [5.74, 6) is 0. The zero-order valence-electron chi connectivity index (χ0n) is 9.64. The van der Waals surface area contributed by atoms with Crippen LogP contribution in [0.3, 0.4) is 0 Å². The van der Waals surface area contributed by atoms with Gasteiger partial charge in [0.1, 0.15) is 0 Å². The van der Waals surface area contributed by atoms with Crippen molar-refractivity contribution in [2.24, 2.45) is 5.73 Å². The van der Waals surface area contributed by atoms with Crippen LogP contribution in [0.2, 0.25) is 0 Å². The summed E-state index contributed by atoms with van der Waals surface area (Å²) in [4.78, 5) is 1.23. The second-order valence-electron chi connectivity index (χ2n) is 3.85. The second-order valence-corrected chi connectivity index (χ2v) is 6.96. The van der Waals surface area contributed by atoms with Gasteiger partial charge in [0.15, 0.2) is 0 Å². The first-order valence-corrected chi connectivity index (χ1v) is 8.03. The van der Waals surface area contributed by atoms with Crippen LogP contribution >= 0.6 is 43.6 Å². The van der Waals surface area contributed by atoms with Crippen molar-refractivity contribution < 1.29 is 0 Å². The van der Waals surface area contributed by atoms with Gasteiger partial charge in [-0.05, 0) is 42.0 Å². The monoisotopic (exact) mass is 385 g/mol. The molecule has 0 fully saturated rings. The highest BCUT2D eigenvalue weighted by molar-refractivity contribution is 9.10. The van der Waals surface area contributed by atoms with Gasteiger partial charge in [0.25, 0.3) is 0 Å². The number of rotatable bonds is 4. The normalized spacial score (nSPS) is 12.4. The fourth-order valence-electron chi connectivity index (χ4n) is 1.64. The highest BCUT2D eigenvalue weighted by Gasteiger charge is 2.11. The summed E-state index contributed by atoms with van der Waals surface area (Å²) in [5, 5.41) is 0.281. The molecule has 18 heavy (non-hydrogen) atoms. The molecule has 0 saturated heterocycles. The maximum Gasteiger partial charge on any atom is 0.0467 e. The Hall–Kier alpha value is -0.290. The molecule has 0 saturated carbocycles. The van der Waals surface area contributed by atoms with Crippen molar-refractivity contribution in [3.05, 3.63) is 63.0 Å². The Balaban J connectivity index is 2.17. The summed E-state index contributed by atoms with van der Waals surface area (Å²) in [6.45, 7) is 0.622. The molecule has 2 rings (SSSR count). The lowest BCUT2D eigenvalue weighted by atomic mass is 10.1. The molecular formula is C14H13Br2NS. The standard InChI is InChI=1S/C14H13Br2NS/c15-11-4-6-13(7-5-11)18-14(9-17)10-2-1-3-12(16)8-10/h1-8,14H,9,17H2. The predicted octanol–water partition coefficient (Wildman–Crippen LogP) is 5.00. The van der Waals surface area contributed by atoms with E-state index in [1.807, 2.05) is 12.1 Å². The van der Waals surface area contributed by atoms with Crippen molar-refractivity contribution in [1.82, 2.24) is 0 Å². The first-order chi connectivity index (χ1) is 8.69. The molecule has 0 bridgehead atoms. The quantitative estimate of drug-likeness (QED) is 0.748. The van der Waals surface area contributed by atoms with Gasteiger partial charge in [0.05, 0.1) is 0 Å². The summed E-state index contributed by atoms with van der Waals surface area (Å²) in [7, 11) is 0. The van der Waals surface area contributed by atoms with E-state index in [-0.39, 0.29) is 5.25 Å². The second kappa shape index (κ2) is 6.75. The van der Waals surface area contributed by atoms with Crippen molar-refractivity contribution >= 4 is 43.6 Å². The van der Waals surface area contributed by atoms with E-state index in [1.165, 1.54) is 10.5 Å². The molecule has 1 atom stereocenters. The van der Waals surface area contributed by atoms with Crippen molar-refractivity contribution in [3.8, 4) is 0 Å². The lowest BCUT2D eigenvalue weighted by molar-refractivity contribution is 0.940. The van der Waals surface area contributed by atoms with E-state index in [0.717, 1.165) is 8.95 Å². The van der Waals surface area contributed by atoms with E-state index < -0.39 is 0 Å². The third kappa shape index (κ3) is 3.85. The van der Waals surface area contributed by atoms with Crippen LogP contribution in [0.1, 0.15) is 10.8 Å². The highest BCUT2D eigenvalue weighted by Crippen LogP contribution is 2.35. The molecule has 1 nitrogen and oxygen atoms in total. The molecule has 2 aromatic rings. The summed E-state index contributed by atoms with van der Waals surface area (Å²) in [6, 6.07) is 16.6. The Kier molecular flexibility index (Phi) is 5.30. The van der Waals surface area contributed by atoms with Gasteiger partial charge in [-0.2, -0.15) is 0 Å². The van der Waals surface area contributed by atoms with E-state index >= 15 is 0 Å². The van der Waals surface area contributed by atoms with Gasteiger partial charge >= 0.3 is 0 Å². The minimum absolute atomic E-state index is 0.281. The molecular weight excluding hydrogens is 374 g/mol. The van der Waals surface area contributed by atoms with Crippen LogP contribution in [0.5, 0.6) is 0 Å². The molecule has 0 radical (unpaired) electrons. The van der Waals surface area contributed by atoms with Gasteiger partial charge in [0.2, 0.25) is 0 Å². The average Bonchev–Trinajstić information content (AvgIpc) is 2.38. The number of nitrogens with two attached hydrogens (primary N) is 1. The summed E-state index contributed by atoms with van der Waals surface area (Å²) >= 11 is 8.73. The van der Waals surface area contributed by atoms with Crippen LogP contribution in [-0.2, 0) is 0 Å². The molecule has 2 aromatic carbocycles. The van der Waals surface area contributed by atoms with Crippen LogP contribution in [0, 0.1) is 0 Å². The number of thioether (sulfide) groups is 1. The van der Waals surface area contributed by atoms with Gasteiger partial charge in [-0.3, -0.25) is 0 Å². The number of hydrogen-bond acceptors (Lipinski definition) is 2. The topological polar surface area (TPSA) is 26.0 Å². The molecule has 1 unspecified atom stereocenters. The van der Waals surface area contributed by atoms with Crippen LogP contribution < -0.4 is 5.73 Å². The third-order valence-corrected chi connectivity index (χ3v) is 4.84. The summed E-state index contributed by atoms with van der Waals surface area (Å²) in [6.07, 6.45) is 0. The van der Waals surface area contributed by atoms with Crippen molar-refractivity contribution in [1.29, 1.82) is 0 Å². The van der Waals surface area contributed by atoms with Gasteiger partial charge in [-0.15, -0.1) is 11.8 Å². The van der Waals surface area contributed by atoms with Gasteiger partial charge < -0.3 is 5.73 Å². The van der Waals surface area contributed by atoms with Gasteiger partial charge in [-0.1, -0.05) is 44.0 Å². The minimum atomic E-state index is 0.281. The molecule has 0 aliphatic rings. The molecule has 2 N–H and O–H groups in total. The molecule has 0 amide bonds. The van der Waals surface area contributed by atoms with Gasteiger partial charge in [-0.25, -0.2) is 0 Å². The van der Waals surface area contributed by atoms with Crippen molar-refractivity contribution in [2.75, 3.05) is 6.54 Å². The Labute approximate surface area is 128 Å². The average molecular weight is 387 g/mol. The predicted molar refractivity (Wildman–Crippen MR) is 85.9 cm³/mol. The van der Waals surface area contributed by atoms with E-state index in [2.05, 4.69) is 68.3 Å². The van der Waals surface area contributed by atoms with Crippen LogP contribution in [-0.4, -0.2) is 6.54 Å². The fourth-order valence-corrected chi connectivity index (χ4v) is 3.32. The number of hydrogen-bond donors (Lipinski definition) is 1. The maximum absolute atomic E-state index is 5.89. The van der Waals surface area contributed by atoms with Crippen LogP contribution in [0.15, 0.2) is 62.4 Å². The third-order valence-electron chi connectivity index (χ3n) is 2.53. The Morgan fingerprint density at radius 2 is 1.72 bits per heavy atom. The zero-order valence-corrected chi connectivity index (χ0v) is 13.6. The van der Waals surface area contributed by atoms with E-state index in [9.17, 15) is 0 Å². The molecule has 0 spiro atoms.